The Bertz CT molecular complexity index is 260. The van der Waals surface area contributed by atoms with Crippen molar-refractivity contribution in [2.45, 2.75) is 38.6 Å². The predicted molar refractivity (Wildman–Crippen MR) is 57.5 cm³/mol. The normalized spacial score (nSPS) is 18.5. The molecule has 5 heteroatoms. The van der Waals surface area contributed by atoms with Crippen LogP contribution in [0.1, 0.15) is 32.6 Å². The molecule has 1 rings (SSSR count). The first kappa shape index (κ1) is 11.9. The quantitative estimate of drug-likeness (QED) is 0.710. The van der Waals surface area contributed by atoms with Crippen molar-refractivity contribution in [3.63, 3.8) is 0 Å². The maximum atomic E-state index is 11.7. The molecule has 2 N–H and O–H groups in total. The molecule has 0 heterocycles. The molecule has 0 aliphatic heterocycles. The van der Waals surface area contributed by atoms with E-state index in [0.29, 0.717) is 13.1 Å². The zero-order valence-corrected chi connectivity index (χ0v) is 9.59. The molecule has 0 amide bonds. The van der Waals surface area contributed by atoms with Crippen molar-refractivity contribution in [1.29, 1.82) is 0 Å². The Morgan fingerprint density at radius 3 is 2.43 bits per heavy atom. The number of hydrogen-bond acceptors (Lipinski definition) is 3. The minimum atomic E-state index is -3.01. The van der Waals surface area contributed by atoms with Gasteiger partial charge in [-0.25, -0.2) is 8.42 Å². The molecule has 1 saturated carbocycles. The van der Waals surface area contributed by atoms with Gasteiger partial charge in [-0.1, -0.05) is 6.42 Å². The number of rotatable bonds is 6. The van der Waals surface area contributed by atoms with Gasteiger partial charge in [0, 0.05) is 12.6 Å². The molecule has 0 spiro atoms. The van der Waals surface area contributed by atoms with Crippen LogP contribution in [0.15, 0.2) is 0 Å². The van der Waals surface area contributed by atoms with Crippen molar-refractivity contribution in [3.05, 3.63) is 0 Å². The van der Waals surface area contributed by atoms with Crippen molar-refractivity contribution in [1.82, 2.24) is 4.31 Å². The Balaban J connectivity index is 2.60. The number of nitrogens with zero attached hydrogens (tertiary/aromatic N) is 1. The van der Waals surface area contributed by atoms with Gasteiger partial charge < -0.3 is 5.73 Å². The van der Waals surface area contributed by atoms with E-state index in [1.807, 2.05) is 0 Å². The lowest BCUT2D eigenvalue weighted by Crippen LogP contribution is -2.45. The fourth-order valence-electron chi connectivity index (χ4n) is 1.64. The van der Waals surface area contributed by atoms with Gasteiger partial charge in [-0.05, 0) is 32.7 Å². The number of hydrogen-bond donors (Lipinski definition) is 1. The lowest BCUT2D eigenvalue weighted by atomic mass is 9.93. The average molecular weight is 220 g/mol. The van der Waals surface area contributed by atoms with E-state index in [9.17, 15) is 8.42 Å². The molecule has 0 saturated heterocycles. The summed E-state index contributed by atoms with van der Waals surface area (Å²) in [7, 11) is -3.01. The van der Waals surface area contributed by atoms with Crippen molar-refractivity contribution >= 4 is 10.0 Å². The van der Waals surface area contributed by atoms with E-state index in [1.165, 1.54) is 0 Å². The summed E-state index contributed by atoms with van der Waals surface area (Å²) in [4.78, 5) is 0. The van der Waals surface area contributed by atoms with Crippen LogP contribution < -0.4 is 5.73 Å². The maximum Gasteiger partial charge on any atom is 0.214 e. The highest BCUT2D eigenvalue weighted by Crippen LogP contribution is 2.27. The van der Waals surface area contributed by atoms with Gasteiger partial charge in [-0.15, -0.1) is 0 Å². The number of nitrogens with two attached hydrogens (primary N) is 1. The SMILES string of the molecule is CCS(=O)(=O)N(CCCN)C1CCC1. The molecule has 4 nitrogen and oxygen atoms in total. The molecule has 0 radical (unpaired) electrons. The van der Waals surface area contributed by atoms with E-state index in [-0.39, 0.29) is 11.8 Å². The van der Waals surface area contributed by atoms with Crippen LogP contribution in [0.3, 0.4) is 0 Å². The van der Waals surface area contributed by atoms with E-state index < -0.39 is 10.0 Å². The Kier molecular flexibility index (Phi) is 4.34. The van der Waals surface area contributed by atoms with Crippen LogP contribution >= 0.6 is 0 Å². The summed E-state index contributed by atoms with van der Waals surface area (Å²) in [6.45, 7) is 2.85. The van der Waals surface area contributed by atoms with Crippen LogP contribution in [-0.4, -0.2) is 37.6 Å². The van der Waals surface area contributed by atoms with Crippen molar-refractivity contribution in [2.24, 2.45) is 5.73 Å². The highest BCUT2D eigenvalue weighted by atomic mass is 32.2. The molecule has 1 aliphatic rings. The fourth-order valence-corrected chi connectivity index (χ4v) is 3.04. The van der Waals surface area contributed by atoms with Crippen LogP contribution in [0.4, 0.5) is 0 Å². The molecular weight excluding hydrogens is 200 g/mol. The van der Waals surface area contributed by atoms with Crippen molar-refractivity contribution in [2.75, 3.05) is 18.8 Å². The maximum absolute atomic E-state index is 11.7. The fraction of sp³-hybridized carbons (Fsp3) is 1.00. The van der Waals surface area contributed by atoms with Gasteiger partial charge in [0.2, 0.25) is 10.0 Å². The van der Waals surface area contributed by atoms with E-state index in [4.69, 9.17) is 5.73 Å². The van der Waals surface area contributed by atoms with E-state index in [2.05, 4.69) is 0 Å². The predicted octanol–water partition coefficient (Wildman–Crippen LogP) is 0.539. The smallest absolute Gasteiger partial charge is 0.214 e. The minimum absolute atomic E-state index is 0.202. The standard InChI is InChI=1S/C9H20N2O2S/c1-2-14(12,13)11(8-4-7-10)9-5-3-6-9/h9H,2-8,10H2,1H3. The third kappa shape index (κ3) is 2.68. The van der Waals surface area contributed by atoms with E-state index in [1.54, 1.807) is 11.2 Å². The molecule has 0 aromatic carbocycles. The van der Waals surface area contributed by atoms with Crippen LogP contribution in [0, 0.1) is 0 Å². The highest BCUT2D eigenvalue weighted by molar-refractivity contribution is 7.89. The summed E-state index contributed by atoms with van der Waals surface area (Å²) in [5.74, 6) is 0.202. The van der Waals surface area contributed by atoms with Gasteiger partial charge in [0.1, 0.15) is 0 Å². The van der Waals surface area contributed by atoms with Gasteiger partial charge in [0.15, 0.2) is 0 Å². The second kappa shape index (κ2) is 5.09. The van der Waals surface area contributed by atoms with Crippen molar-refractivity contribution in [3.8, 4) is 0 Å². The molecular formula is C9H20N2O2S. The summed E-state index contributed by atoms with van der Waals surface area (Å²) < 4.78 is 25.1. The van der Waals surface area contributed by atoms with Gasteiger partial charge in [0.25, 0.3) is 0 Å². The number of sulfonamides is 1. The third-order valence-corrected chi connectivity index (χ3v) is 4.71. The van der Waals surface area contributed by atoms with E-state index >= 15 is 0 Å². The first-order valence-electron chi connectivity index (χ1n) is 5.31. The van der Waals surface area contributed by atoms with Crippen LogP contribution in [-0.2, 0) is 10.0 Å². The van der Waals surface area contributed by atoms with Gasteiger partial charge in [0.05, 0.1) is 5.75 Å². The molecule has 84 valence electrons. The Hall–Kier alpha value is -0.130. The molecule has 0 aromatic heterocycles. The molecule has 14 heavy (non-hydrogen) atoms. The molecule has 0 atom stereocenters. The lowest BCUT2D eigenvalue weighted by molar-refractivity contribution is 0.219. The summed E-state index contributed by atoms with van der Waals surface area (Å²) in [6.07, 6.45) is 3.95. The molecule has 0 bridgehead atoms. The summed E-state index contributed by atoms with van der Waals surface area (Å²) in [6, 6.07) is 0.256. The second-order valence-electron chi connectivity index (χ2n) is 3.74. The summed E-state index contributed by atoms with van der Waals surface area (Å²) >= 11 is 0. The van der Waals surface area contributed by atoms with E-state index in [0.717, 1.165) is 25.7 Å². The zero-order valence-electron chi connectivity index (χ0n) is 8.78. The van der Waals surface area contributed by atoms with Crippen LogP contribution in [0.5, 0.6) is 0 Å². The second-order valence-corrected chi connectivity index (χ2v) is 5.95. The Morgan fingerprint density at radius 1 is 1.43 bits per heavy atom. The monoisotopic (exact) mass is 220 g/mol. The molecule has 0 unspecified atom stereocenters. The lowest BCUT2D eigenvalue weighted by Gasteiger charge is -2.36. The Morgan fingerprint density at radius 2 is 2.07 bits per heavy atom. The Labute approximate surface area is 86.5 Å². The first-order valence-corrected chi connectivity index (χ1v) is 6.92. The van der Waals surface area contributed by atoms with Crippen LogP contribution in [0.25, 0.3) is 0 Å². The largest absolute Gasteiger partial charge is 0.330 e. The first-order chi connectivity index (χ1) is 6.61. The highest BCUT2D eigenvalue weighted by Gasteiger charge is 2.31. The van der Waals surface area contributed by atoms with Gasteiger partial charge in [-0.2, -0.15) is 4.31 Å². The topological polar surface area (TPSA) is 63.4 Å². The molecule has 0 aromatic rings. The third-order valence-electron chi connectivity index (χ3n) is 2.79. The summed E-state index contributed by atoms with van der Waals surface area (Å²) in [5.41, 5.74) is 5.40. The van der Waals surface area contributed by atoms with Gasteiger partial charge in [-0.3, -0.25) is 0 Å². The summed E-state index contributed by atoms with van der Waals surface area (Å²) in [5, 5.41) is 0. The minimum Gasteiger partial charge on any atom is -0.330 e. The van der Waals surface area contributed by atoms with Crippen LogP contribution in [0.2, 0.25) is 0 Å². The average Bonchev–Trinajstić information content (AvgIpc) is 2.08. The van der Waals surface area contributed by atoms with Gasteiger partial charge >= 0.3 is 0 Å². The van der Waals surface area contributed by atoms with Crippen molar-refractivity contribution < 1.29 is 8.42 Å². The zero-order chi connectivity index (χ0) is 10.6. The molecule has 1 aliphatic carbocycles. The molecule has 1 fully saturated rings.